The van der Waals surface area contributed by atoms with Crippen molar-refractivity contribution in [2.45, 2.75) is 12.8 Å². The highest BCUT2D eigenvalue weighted by Gasteiger charge is 2.20. The van der Waals surface area contributed by atoms with Crippen LogP contribution < -0.4 is 9.80 Å². The largest absolute Gasteiger partial charge is 0.313 e. The quantitative estimate of drug-likeness (QED) is 0.168. The Balaban J connectivity index is 1.10. The molecule has 1 aliphatic carbocycles. The molecule has 0 radical (unpaired) electrons. The van der Waals surface area contributed by atoms with E-state index in [9.17, 15) is 0 Å². The maximum atomic E-state index is 2.48. The molecule has 0 aliphatic heterocycles. The summed E-state index contributed by atoms with van der Waals surface area (Å²) in [6.45, 7) is 0. The molecule has 0 amide bonds. The molecule has 2 nitrogen and oxygen atoms in total. The first-order valence-corrected chi connectivity index (χ1v) is 16.7. The molecule has 0 heterocycles. The second-order valence-corrected chi connectivity index (χ2v) is 12.2. The second-order valence-electron chi connectivity index (χ2n) is 12.2. The summed E-state index contributed by atoms with van der Waals surface area (Å²) in [5.41, 5.74) is 9.65. The molecule has 2 heteroatoms. The zero-order chi connectivity index (χ0) is 32.1. The summed E-state index contributed by atoms with van der Waals surface area (Å²) in [6.07, 6.45) is 11.0. The highest BCUT2D eigenvalue weighted by molar-refractivity contribution is 6.03. The van der Waals surface area contributed by atoms with Crippen molar-refractivity contribution >= 4 is 56.1 Å². The van der Waals surface area contributed by atoms with E-state index in [0.717, 1.165) is 29.9 Å². The van der Waals surface area contributed by atoms with Crippen LogP contribution in [0.25, 0.3) is 27.6 Å². The lowest BCUT2D eigenvalue weighted by Gasteiger charge is -2.31. The van der Waals surface area contributed by atoms with Gasteiger partial charge in [0.1, 0.15) is 0 Å². The molecular weight excluding hydrogens is 581 g/mol. The molecule has 1 aliphatic rings. The molecule has 0 N–H and O–H groups in total. The summed E-state index contributed by atoms with van der Waals surface area (Å²) in [6, 6.07) is 60.5. The van der Waals surface area contributed by atoms with Crippen LogP contribution >= 0.6 is 0 Å². The number of nitrogens with zero attached hydrogens (tertiary/aromatic N) is 2. The van der Waals surface area contributed by atoms with E-state index in [0.29, 0.717) is 0 Å². The minimum atomic E-state index is 0.949. The van der Waals surface area contributed by atoms with E-state index in [2.05, 4.69) is 204 Å². The maximum absolute atomic E-state index is 2.48. The van der Waals surface area contributed by atoms with Crippen LogP contribution in [0.3, 0.4) is 0 Å². The van der Waals surface area contributed by atoms with Crippen LogP contribution in [0.15, 0.2) is 199 Å². The maximum Gasteiger partial charge on any atom is 0.0537 e. The van der Waals surface area contributed by atoms with Crippen LogP contribution in [0.1, 0.15) is 18.4 Å². The van der Waals surface area contributed by atoms with Gasteiger partial charge in [-0.1, -0.05) is 140 Å². The highest BCUT2D eigenvalue weighted by Crippen LogP contribution is 2.41. The van der Waals surface area contributed by atoms with Gasteiger partial charge in [0.2, 0.25) is 0 Å². The minimum Gasteiger partial charge on any atom is -0.313 e. The van der Waals surface area contributed by atoms with Crippen molar-refractivity contribution in [1.82, 2.24) is 0 Å². The third kappa shape index (κ3) is 5.92. The number of benzene rings is 7. The lowest BCUT2D eigenvalue weighted by Crippen LogP contribution is -2.18. The molecule has 0 atom stereocenters. The van der Waals surface area contributed by atoms with E-state index >= 15 is 0 Å². The molecule has 0 saturated heterocycles. The first-order valence-electron chi connectivity index (χ1n) is 16.7. The summed E-state index contributed by atoms with van der Waals surface area (Å²) in [4.78, 5) is 4.77. The number of rotatable bonds is 8. The zero-order valence-corrected chi connectivity index (χ0v) is 26.8. The monoisotopic (exact) mass is 616 g/mol. The molecule has 230 valence electrons. The molecule has 0 bridgehead atoms. The van der Waals surface area contributed by atoms with Gasteiger partial charge in [0.25, 0.3) is 0 Å². The molecule has 7 aromatic rings. The number of hydrogen-bond acceptors (Lipinski definition) is 2. The van der Waals surface area contributed by atoms with E-state index in [4.69, 9.17) is 0 Å². The van der Waals surface area contributed by atoms with E-state index in [-0.39, 0.29) is 0 Å². The fourth-order valence-electron chi connectivity index (χ4n) is 6.75. The minimum absolute atomic E-state index is 0.949. The standard InChI is InChI=1S/C46H36N2/c1-3-17-39(18-4-1)47(40-19-5-2-6-20-40)41-31-27-35(28-32-41)25-26-36-29-33-42(34-30-36)48(45-23-11-15-37-13-7-9-21-43(37)45)46-24-12-16-38-14-8-10-22-44(38)46/h1-29,31-33H,30,34H2/b26-25+. The molecule has 8 rings (SSSR count). The van der Waals surface area contributed by atoms with Gasteiger partial charge in [-0.25, -0.2) is 0 Å². The Morgan fingerprint density at radius 1 is 0.375 bits per heavy atom. The average molecular weight is 617 g/mol. The second kappa shape index (κ2) is 13.3. The van der Waals surface area contributed by atoms with Crippen molar-refractivity contribution in [2.75, 3.05) is 9.80 Å². The topological polar surface area (TPSA) is 6.48 Å². The Labute approximate surface area is 282 Å². The Morgan fingerprint density at radius 3 is 1.42 bits per heavy atom. The van der Waals surface area contributed by atoms with E-state index in [1.807, 2.05) is 0 Å². The van der Waals surface area contributed by atoms with Crippen molar-refractivity contribution in [3.05, 3.63) is 205 Å². The predicted octanol–water partition coefficient (Wildman–Crippen LogP) is 12.9. The van der Waals surface area contributed by atoms with Crippen LogP contribution in [0, 0.1) is 0 Å². The van der Waals surface area contributed by atoms with Crippen LogP contribution in [0.4, 0.5) is 28.4 Å². The molecule has 7 aromatic carbocycles. The van der Waals surface area contributed by atoms with Gasteiger partial charge in [0.15, 0.2) is 0 Å². The van der Waals surface area contributed by atoms with Gasteiger partial charge in [0, 0.05) is 33.5 Å². The number of allylic oxidation sites excluding steroid dienone is 5. The van der Waals surface area contributed by atoms with E-state index in [1.54, 1.807) is 0 Å². The van der Waals surface area contributed by atoms with Gasteiger partial charge in [-0.2, -0.15) is 0 Å². The Kier molecular flexibility index (Phi) is 8.13. The summed E-state index contributed by atoms with van der Waals surface area (Å²) in [5.74, 6) is 0. The molecule has 48 heavy (non-hydrogen) atoms. The third-order valence-corrected chi connectivity index (χ3v) is 9.13. The van der Waals surface area contributed by atoms with Gasteiger partial charge in [-0.05, 0) is 89.4 Å². The average Bonchev–Trinajstić information content (AvgIpc) is 3.16. The highest BCUT2D eigenvalue weighted by atomic mass is 15.2. The first-order chi connectivity index (χ1) is 23.8. The normalized spacial score (nSPS) is 13.0. The van der Waals surface area contributed by atoms with E-state index in [1.165, 1.54) is 49.8 Å². The van der Waals surface area contributed by atoms with Gasteiger partial charge in [0.05, 0.1) is 11.4 Å². The third-order valence-electron chi connectivity index (χ3n) is 9.13. The fourth-order valence-corrected chi connectivity index (χ4v) is 6.75. The summed E-state index contributed by atoms with van der Waals surface area (Å²) in [5, 5.41) is 5.00. The lowest BCUT2D eigenvalue weighted by molar-refractivity contribution is 0.895. The van der Waals surface area contributed by atoms with Crippen molar-refractivity contribution in [3.63, 3.8) is 0 Å². The molecule has 0 aromatic heterocycles. The van der Waals surface area contributed by atoms with Crippen LogP contribution in [-0.2, 0) is 0 Å². The Hall–Kier alpha value is -6.12. The summed E-state index contributed by atoms with van der Waals surface area (Å²) >= 11 is 0. The molecule has 0 spiro atoms. The molecule has 0 unspecified atom stereocenters. The van der Waals surface area contributed by atoms with Crippen LogP contribution in [0.2, 0.25) is 0 Å². The van der Waals surface area contributed by atoms with Gasteiger partial charge in [-0.3, -0.25) is 0 Å². The van der Waals surface area contributed by atoms with Gasteiger partial charge < -0.3 is 9.80 Å². The summed E-state index contributed by atoms with van der Waals surface area (Å²) < 4.78 is 0. The number of anilines is 5. The first kappa shape index (κ1) is 29.3. The molecule has 0 saturated carbocycles. The number of para-hydroxylation sites is 2. The lowest BCUT2D eigenvalue weighted by atomic mass is 9.98. The van der Waals surface area contributed by atoms with Crippen molar-refractivity contribution in [2.24, 2.45) is 0 Å². The van der Waals surface area contributed by atoms with E-state index < -0.39 is 0 Å². The van der Waals surface area contributed by atoms with Crippen molar-refractivity contribution < 1.29 is 0 Å². The molecule has 0 fully saturated rings. The summed E-state index contributed by atoms with van der Waals surface area (Å²) in [7, 11) is 0. The smallest absolute Gasteiger partial charge is 0.0537 e. The van der Waals surface area contributed by atoms with Gasteiger partial charge >= 0.3 is 0 Å². The van der Waals surface area contributed by atoms with Gasteiger partial charge in [-0.15, -0.1) is 0 Å². The number of fused-ring (bicyclic) bond motifs is 2. The SMILES string of the molecule is C1=C(/C=C/c2ccc(N(c3ccccc3)c3ccccc3)cc2)CCC(N(c2cccc3ccccc23)c2cccc3ccccc23)=C1. The van der Waals surface area contributed by atoms with Crippen molar-refractivity contribution in [3.8, 4) is 0 Å². The Morgan fingerprint density at radius 2 is 0.875 bits per heavy atom. The van der Waals surface area contributed by atoms with Crippen LogP contribution in [0.5, 0.6) is 0 Å². The van der Waals surface area contributed by atoms with Crippen molar-refractivity contribution in [1.29, 1.82) is 0 Å². The zero-order valence-electron chi connectivity index (χ0n) is 26.8. The molecular formula is C46H36N2. The fraction of sp³-hybridized carbons (Fsp3) is 0.0435. The Bertz CT molecular complexity index is 2150. The predicted molar refractivity (Wildman–Crippen MR) is 206 cm³/mol. The van der Waals surface area contributed by atoms with Crippen LogP contribution in [-0.4, -0.2) is 0 Å². The number of hydrogen-bond donors (Lipinski definition) is 0.